The van der Waals surface area contributed by atoms with Gasteiger partial charge in [0, 0.05) is 28.0 Å². The number of fused-ring (bicyclic) bond motifs is 1. The van der Waals surface area contributed by atoms with Gasteiger partial charge in [-0.1, -0.05) is 114 Å². The van der Waals surface area contributed by atoms with Crippen LogP contribution in [0.3, 0.4) is 0 Å². The van der Waals surface area contributed by atoms with Gasteiger partial charge in [-0.15, -0.1) is 11.8 Å². The van der Waals surface area contributed by atoms with Crippen LogP contribution in [0.2, 0.25) is 5.02 Å². The number of benzene rings is 3. The molecule has 0 bridgehead atoms. The standard InChI is InChI=1S/C37H53ClN4O7S2/c1-2-3-4-5-6-7-8-9-10-11-12-13-14-15-22-40-51(47,48)27-19-20-30(38)32(24-27)41-37(46)29-25-33(50-23-21-34(43)44)35-28(36(29)45)17-16-18-31(35)42-49-26-39/h16-20,24-25,40,42,45H,2-15,21-23,26,39H2,1H3,(H,41,46)(H,43,44). The van der Waals surface area contributed by atoms with Crippen LogP contribution in [0.15, 0.2) is 52.3 Å². The number of carboxylic acids is 1. The van der Waals surface area contributed by atoms with Crippen molar-refractivity contribution < 1.29 is 33.1 Å². The number of nitrogens with one attached hydrogen (secondary N) is 3. The molecule has 282 valence electrons. The van der Waals surface area contributed by atoms with Crippen molar-refractivity contribution in [1.29, 1.82) is 0 Å². The average molecular weight is 765 g/mol. The number of carbonyl (C=O) groups excluding carboxylic acids is 1. The Bertz CT molecular complexity index is 1670. The molecule has 0 heterocycles. The van der Waals surface area contributed by atoms with Gasteiger partial charge in [0.2, 0.25) is 10.0 Å². The molecule has 0 unspecified atom stereocenters. The number of carboxylic acid groups (broad SMARTS) is 1. The summed E-state index contributed by atoms with van der Waals surface area (Å²) in [4.78, 5) is 30.3. The van der Waals surface area contributed by atoms with E-state index in [9.17, 15) is 23.1 Å². The minimum atomic E-state index is -3.88. The van der Waals surface area contributed by atoms with Crippen molar-refractivity contribution in [3.05, 3.63) is 53.1 Å². The predicted molar refractivity (Wildman–Crippen MR) is 207 cm³/mol. The normalized spacial score (nSPS) is 11.6. The number of phenols is 1. The molecular formula is C37H53ClN4O7S2. The summed E-state index contributed by atoms with van der Waals surface area (Å²) in [6.45, 7) is 2.41. The van der Waals surface area contributed by atoms with Crippen LogP contribution in [0.1, 0.15) is 114 Å². The number of hydrogen-bond donors (Lipinski definition) is 6. The third-order valence-electron chi connectivity index (χ3n) is 8.50. The quantitative estimate of drug-likeness (QED) is 0.0200. The van der Waals surface area contributed by atoms with Gasteiger partial charge in [0.05, 0.1) is 33.3 Å². The van der Waals surface area contributed by atoms with Gasteiger partial charge in [-0.05, 0) is 36.8 Å². The molecule has 0 aliphatic rings. The Morgan fingerprint density at radius 2 is 1.51 bits per heavy atom. The second-order valence-corrected chi connectivity index (χ2v) is 15.8. The van der Waals surface area contributed by atoms with E-state index in [-0.39, 0.29) is 45.8 Å². The Hall–Kier alpha value is -3.07. The third kappa shape index (κ3) is 14.1. The van der Waals surface area contributed by atoms with Crippen molar-refractivity contribution >= 4 is 67.4 Å². The minimum Gasteiger partial charge on any atom is -0.506 e. The van der Waals surface area contributed by atoms with Crippen molar-refractivity contribution in [2.24, 2.45) is 5.73 Å². The van der Waals surface area contributed by atoms with Gasteiger partial charge in [-0.25, -0.2) is 13.1 Å². The van der Waals surface area contributed by atoms with Crippen LogP contribution < -0.4 is 21.3 Å². The average Bonchev–Trinajstić information content (AvgIpc) is 3.10. The molecule has 0 fully saturated rings. The maximum atomic E-state index is 13.6. The highest BCUT2D eigenvalue weighted by Gasteiger charge is 2.22. The van der Waals surface area contributed by atoms with E-state index in [0.717, 1.165) is 25.7 Å². The number of amides is 1. The van der Waals surface area contributed by atoms with E-state index in [1.807, 2.05) is 0 Å². The number of aromatic hydroxyl groups is 1. The van der Waals surface area contributed by atoms with Crippen molar-refractivity contribution in [3.63, 3.8) is 0 Å². The van der Waals surface area contributed by atoms with Crippen molar-refractivity contribution in [2.45, 2.75) is 113 Å². The van der Waals surface area contributed by atoms with E-state index < -0.39 is 21.9 Å². The molecule has 0 radical (unpaired) electrons. The fourth-order valence-corrected chi connectivity index (χ4v) is 8.06. The van der Waals surface area contributed by atoms with E-state index in [1.54, 1.807) is 18.2 Å². The molecule has 7 N–H and O–H groups in total. The Morgan fingerprint density at radius 1 is 0.882 bits per heavy atom. The minimum absolute atomic E-state index is 0.0485. The number of nitrogens with two attached hydrogens (primary N) is 1. The third-order valence-corrected chi connectivity index (χ3v) is 11.3. The van der Waals surface area contributed by atoms with E-state index in [1.165, 1.54) is 100 Å². The van der Waals surface area contributed by atoms with Crippen LogP contribution in [0.4, 0.5) is 11.4 Å². The largest absolute Gasteiger partial charge is 0.506 e. The number of carbonyl (C=O) groups is 2. The number of halogens is 1. The zero-order valence-electron chi connectivity index (χ0n) is 29.5. The first-order valence-corrected chi connectivity index (χ1v) is 20.8. The van der Waals surface area contributed by atoms with Gasteiger partial charge in [-0.3, -0.25) is 19.9 Å². The van der Waals surface area contributed by atoms with Crippen LogP contribution in [-0.4, -0.2) is 49.5 Å². The van der Waals surface area contributed by atoms with Crippen LogP contribution >= 0.6 is 23.4 Å². The molecule has 3 aromatic carbocycles. The number of rotatable bonds is 26. The van der Waals surface area contributed by atoms with Crippen LogP contribution in [0.25, 0.3) is 10.8 Å². The van der Waals surface area contributed by atoms with Gasteiger partial charge in [0.15, 0.2) is 0 Å². The van der Waals surface area contributed by atoms with Gasteiger partial charge in [-0.2, -0.15) is 0 Å². The summed E-state index contributed by atoms with van der Waals surface area (Å²) in [6, 6.07) is 10.4. The summed E-state index contributed by atoms with van der Waals surface area (Å²) < 4.78 is 28.9. The second kappa shape index (κ2) is 22.8. The summed E-state index contributed by atoms with van der Waals surface area (Å²) in [6.07, 6.45) is 16.9. The Labute approximate surface area is 311 Å². The van der Waals surface area contributed by atoms with Gasteiger partial charge >= 0.3 is 5.97 Å². The number of phenolic OH excluding ortho intramolecular Hbond substituents is 1. The summed E-state index contributed by atoms with van der Waals surface area (Å²) >= 11 is 7.56. The lowest BCUT2D eigenvalue weighted by Crippen LogP contribution is -2.25. The van der Waals surface area contributed by atoms with Gasteiger partial charge in [0.1, 0.15) is 12.5 Å². The lowest BCUT2D eigenvalue weighted by Gasteiger charge is -2.17. The first-order chi connectivity index (χ1) is 24.6. The summed E-state index contributed by atoms with van der Waals surface area (Å²) in [5.41, 5.74) is 8.57. The Balaban J connectivity index is 1.58. The lowest BCUT2D eigenvalue weighted by molar-refractivity contribution is -0.136. The molecule has 14 heteroatoms. The second-order valence-electron chi connectivity index (χ2n) is 12.5. The number of anilines is 2. The highest BCUT2D eigenvalue weighted by molar-refractivity contribution is 7.99. The molecule has 51 heavy (non-hydrogen) atoms. The molecule has 0 aliphatic carbocycles. The van der Waals surface area contributed by atoms with E-state index >= 15 is 0 Å². The highest BCUT2D eigenvalue weighted by Crippen LogP contribution is 2.41. The predicted octanol–water partition coefficient (Wildman–Crippen LogP) is 9.04. The monoisotopic (exact) mass is 764 g/mol. The number of thioether (sulfide) groups is 1. The highest BCUT2D eigenvalue weighted by atomic mass is 35.5. The summed E-state index contributed by atoms with van der Waals surface area (Å²) in [5, 5.41) is 23.9. The van der Waals surface area contributed by atoms with Crippen LogP contribution in [0.5, 0.6) is 5.75 Å². The van der Waals surface area contributed by atoms with Crippen molar-refractivity contribution in [2.75, 3.05) is 29.8 Å². The molecule has 3 aromatic rings. The van der Waals surface area contributed by atoms with Crippen LogP contribution in [0, 0.1) is 0 Å². The molecular weight excluding hydrogens is 712 g/mol. The van der Waals surface area contributed by atoms with Crippen molar-refractivity contribution in [3.8, 4) is 5.75 Å². The Morgan fingerprint density at radius 3 is 2.12 bits per heavy atom. The molecule has 3 rings (SSSR count). The van der Waals surface area contributed by atoms with Gasteiger partial charge in [0.25, 0.3) is 5.91 Å². The fourth-order valence-electron chi connectivity index (χ4n) is 5.74. The number of hydrogen-bond acceptors (Lipinski definition) is 9. The Kier molecular flexibility index (Phi) is 18.9. The number of aliphatic carboxylic acids is 1. The number of unbranched alkanes of at least 4 members (excludes halogenated alkanes) is 13. The first kappa shape index (κ1) is 42.3. The first-order valence-electron chi connectivity index (χ1n) is 17.9. The summed E-state index contributed by atoms with van der Waals surface area (Å²) in [5.74, 6) is -1.86. The molecule has 0 spiro atoms. The topological polar surface area (TPSA) is 180 Å². The molecule has 0 aliphatic heterocycles. The molecule has 1 amide bonds. The van der Waals surface area contributed by atoms with E-state index in [2.05, 4.69) is 22.4 Å². The molecule has 0 aromatic heterocycles. The molecule has 11 nitrogen and oxygen atoms in total. The zero-order chi connectivity index (χ0) is 37.1. The maximum absolute atomic E-state index is 13.6. The van der Waals surface area contributed by atoms with E-state index in [0.29, 0.717) is 27.9 Å². The van der Waals surface area contributed by atoms with Gasteiger partial charge < -0.3 is 21.3 Å². The molecule has 0 atom stereocenters. The number of sulfonamides is 1. The fraction of sp³-hybridized carbons (Fsp3) is 0.514. The van der Waals surface area contributed by atoms with Crippen LogP contribution in [-0.2, 0) is 19.7 Å². The lowest BCUT2D eigenvalue weighted by atomic mass is 10.0. The maximum Gasteiger partial charge on any atom is 0.304 e. The molecule has 0 saturated heterocycles. The summed E-state index contributed by atoms with van der Waals surface area (Å²) in [7, 11) is -3.88. The SMILES string of the molecule is CCCCCCCCCCCCCCCCNS(=O)(=O)c1ccc(Cl)c(NC(=O)c2cc(SCCC(=O)O)c3c(NOCN)cccc3c2O)c1. The van der Waals surface area contributed by atoms with E-state index in [4.69, 9.17) is 27.3 Å². The molecule has 0 saturated carbocycles. The smallest absolute Gasteiger partial charge is 0.304 e. The van der Waals surface area contributed by atoms with Crippen molar-refractivity contribution in [1.82, 2.24) is 4.72 Å². The zero-order valence-corrected chi connectivity index (χ0v) is 31.9.